The Morgan fingerprint density at radius 3 is 2.68 bits per heavy atom. The van der Waals surface area contributed by atoms with Gasteiger partial charge in [0.2, 0.25) is 5.88 Å². The van der Waals surface area contributed by atoms with Crippen molar-refractivity contribution in [2.75, 3.05) is 18.1 Å². The highest BCUT2D eigenvalue weighted by atomic mass is 19.1. The Kier molecular flexibility index (Phi) is 5.19. The number of fused-ring (bicyclic) bond motifs is 1. The second kappa shape index (κ2) is 8.08. The number of benzene rings is 2. The molecule has 2 heterocycles. The van der Waals surface area contributed by atoms with Crippen molar-refractivity contribution in [1.82, 2.24) is 4.98 Å². The molecule has 3 aromatic rings. The van der Waals surface area contributed by atoms with E-state index >= 15 is 0 Å². The average Bonchev–Trinajstić information content (AvgIpc) is 2.73. The van der Waals surface area contributed by atoms with Crippen LogP contribution in [0.25, 0.3) is 0 Å². The molecule has 0 saturated heterocycles. The van der Waals surface area contributed by atoms with Gasteiger partial charge in [-0.15, -0.1) is 0 Å². The molecule has 0 saturated carbocycles. The first-order valence-electron chi connectivity index (χ1n) is 9.09. The highest BCUT2D eigenvalue weighted by Crippen LogP contribution is 2.28. The van der Waals surface area contributed by atoms with Crippen LogP contribution in [0.15, 0.2) is 66.9 Å². The number of halogens is 1. The maximum atomic E-state index is 13.6. The summed E-state index contributed by atoms with van der Waals surface area (Å²) in [6.45, 7) is 0.450. The number of carbonyl (C=O) groups excluding carboxylic acids is 1. The van der Waals surface area contributed by atoms with Gasteiger partial charge in [-0.05, 0) is 60.9 Å². The lowest BCUT2D eigenvalue weighted by atomic mass is 10.0. The summed E-state index contributed by atoms with van der Waals surface area (Å²) in [5.74, 6) is 1.14. The SMILES string of the molecule is O=C(COc1ccc(Oc2ccccn2)cc1)N1CCCc2ccc(F)cc21. The van der Waals surface area contributed by atoms with Gasteiger partial charge in [-0.1, -0.05) is 12.1 Å². The van der Waals surface area contributed by atoms with Crippen LogP contribution < -0.4 is 14.4 Å². The number of nitrogens with zero attached hydrogens (tertiary/aromatic N) is 2. The number of aryl methyl sites for hydroxylation is 1. The maximum Gasteiger partial charge on any atom is 0.264 e. The van der Waals surface area contributed by atoms with Crippen molar-refractivity contribution in [3.05, 3.63) is 78.2 Å². The third-order valence-electron chi connectivity index (χ3n) is 4.51. The van der Waals surface area contributed by atoms with Gasteiger partial charge in [-0.3, -0.25) is 4.79 Å². The molecule has 1 aromatic heterocycles. The van der Waals surface area contributed by atoms with Crippen molar-refractivity contribution in [3.63, 3.8) is 0 Å². The fraction of sp³-hybridized carbons (Fsp3) is 0.182. The van der Waals surface area contributed by atoms with Crippen LogP contribution >= 0.6 is 0 Å². The van der Waals surface area contributed by atoms with Gasteiger partial charge in [0.25, 0.3) is 5.91 Å². The second-order valence-electron chi connectivity index (χ2n) is 6.45. The number of anilines is 1. The first-order valence-corrected chi connectivity index (χ1v) is 9.09. The highest BCUT2D eigenvalue weighted by molar-refractivity contribution is 5.95. The topological polar surface area (TPSA) is 51.7 Å². The van der Waals surface area contributed by atoms with Gasteiger partial charge in [0, 0.05) is 24.5 Å². The highest BCUT2D eigenvalue weighted by Gasteiger charge is 2.23. The largest absolute Gasteiger partial charge is 0.484 e. The molecule has 0 aliphatic carbocycles. The average molecular weight is 378 g/mol. The van der Waals surface area contributed by atoms with Crippen molar-refractivity contribution in [3.8, 4) is 17.4 Å². The van der Waals surface area contributed by atoms with E-state index < -0.39 is 0 Å². The zero-order valence-electron chi connectivity index (χ0n) is 15.2. The third-order valence-corrected chi connectivity index (χ3v) is 4.51. The van der Waals surface area contributed by atoms with Crippen molar-refractivity contribution < 1.29 is 18.7 Å². The number of rotatable bonds is 5. The smallest absolute Gasteiger partial charge is 0.264 e. The maximum absolute atomic E-state index is 13.6. The lowest BCUT2D eigenvalue weighted by Crippen LogP contribution is -2.38. The Morgan fingerprint density at radius 1 is 1.07 bits per heavy atom. The Hall–Kier alpha value is -3.41. The number of carbonyl (C=O) groups is 1. The molecule has 5 nitrogen and oxygen atoms in total. The predicted molar refractivity (Wildman–Crippen MR) is 103 cm³/mol. The van der Waals surface area contributed by atoms with Crippen LogP contribution in [0, 0.1) is 5.82 Å². The number of amides is 1. The molecule has 6 heteroatoms. The monoisotopic (exact) mass is 378 g/mol. The van der Waals surface area contributed by atoms with E-state index in [9.17, 15) is 9.18 Å². The number of pyridine rings is 1. The molecule has 0 radical (unpaired) electrons. The Balaban J connectivity index is 1.37. The Morgan fingerprint density at radius 2 is 1.89 bits per heavy atom. The Labute approximate surface area is 162 Å². The van der Waals surface area contributed by atoms with E-state index in [0.717, 1.165) is 18.4 Å². The molecule has 0 unspecified atom stereocenters. The normalized spacial score (nSPS) is 13.0. The van der Waals surface area contributed by atoms with E-state index in [1.807, 2.05) is 12.1 Å². The standard InChI is InChI=1S/C22H19FN2O3/c23-17-7-6-16-4-3-13-25(20(16)14-17)22(26)15-27-18-8-10-19(11-9-18)28-21-5-1-2-12-24-21/h1-2,5-12,14H,3-4,13,15H2. The van der Waals surface area contributed by atoms with E-state index in [1.54, 1.807) is 47.5 Å². The summed E-state index contributed by atoms with van der Waals surface area (Å²) in [6, 6.07) is 17.0. The van der Waals surface area contributed by atoms with Crippen molar-refractivity contribution in [2.24, 2.45) is 0 Å². The summed E-state index contributed by atoms with van der Waals surface area (Å²) in [5, 5.41) is 0. The second-order valence-corrected chi connectivity index (χ2v) is 6.45. The molecule has 0 atom stereocenters. The molecule has 142 valence electrons. The minimum atomic E-state index is -0.345. The van der Waals surface area contributed by atoms with Gasteiger partial charge in [0.1, 0.15) is 17.3 Å². The van der Waals surface area contributed by atoms with Crippen molar-refractivity contribution >= 4 is 11.6 Å². The molecule has 2 aromatic carbocycles. The molecule has 0 N–H and O–H groups in total. The fourth-order valence-electron chi connectivity index (χ4n) is 3.16. The molecular weight excluding hydrogens is 359 g/mol. The Bertz CT molecular complexity index is 961. The minimum absolute atomic E-state index is 0.115. The quantitative estimate of drug-likeness (QED) is 0.662. The van der Waals surface area contributed by atoms with Gasteiger partial charge < -0.3 is 14.4 Å². The van der Waals surface area contributed by atoms with Gasteiger partial charge in [-0.25, -0.2) is 9.37 Å². The number of hydrogen-bond donors (Lipinski definition) is 0. The lowest BCUT2D eigenvalue weighted by molar-refractivity contribution is -0.120. The summed E-state index contributed by atoms with van der Waals surface area (Å²) in [5.41, 5.74) is 1.62. The molecule has 28 heavy (non-hydrogen) atoms. The van der Waals surface area contributed by atoms with Crippen LogP contribution in [0.2, 0.25) is 0 Å². The van der Waals surface area contributed by atoms with Crippen LogP contribution in [0.3, 0.4) is 0 Å². The van der Waals surface area contributed by atoms with Gasteiger partial charge in [-0.2, -0.15) is 0 Å². The fourth-order valence-corrected chi connectivity index (χ4v) is 3.16. The first-order chi connectivity index (χ1) is 13.7. The van der Waals surface area contributed by atoms with Gasteiger partial charge >= 0.3 is 0 Å². The summed E-state index contributed by atoms with van der Waals surface area (Å²) >= 11 is 0. The summed E-state index contributed by atoms with van der Waals surface area (Å²) < 4.78 is 24.8. The number of hydrogen-bond acceptors (Lipinski definition) is 4. The number of ether oxygens (including phenoxy) is 2. The molecule has 1 aliphatic heterocycles. The van der Waals surface area contributed by atoms with E-state index in [4.69, 9.17) is 9.47 Å². The van der Waals surface area contributed by atoms with Crippen molar-refractivity contribution in [2.45, 2.75) is 12.8 Å². The van der Waals surface area contributed by atoms with E-state index in [2.05, 4.69) is 4.98 Å². The van der Waals surface area contributed by atoms with E-state index in [-0.39, 0.29) is 18.3 Å². The molecule has 1 aliphatic rings. The third kappa shape index (κ3) is 4.11. The van der Waals surface area contributed by atoms with Crippen LogP contribution in [0.5, 0.6) is 17.4 Å². The van der Waals surface area contributed by atoms with Crippen molar-refractivity contribution in [1.29, 1.82) is 0 Å². The summed E-state index contributed by atoms with van der Waals surface area (Å²) in [7, 11) is 0. The van der Waals surface area contributed by atoms with Gasteiger partial charge in [0.15, 0.2) is 6.61 Å². The molecule has 0 spiro atoms. The minimum Gasteiger partial charge on any atom is -0.484 e. The van der Waals surface area contributed by atoms with Gasteiger partial charge in [0.05, 0.1) is 0 Å². The predicted octanol–water partition coefficient (Wildman–Crippen LogP) is 4.37. The summed E-state index contributed by atoms with van der Waals surface area (Å²) in [6.07, 6.45) is 3.35. The molecular formula is C22H19FN2O3. The summed E-state index contributed by atoms with van der Waals surface area (Å²) in [4.78, 5) is 18.3. The molecule has 1 amide bonds. The van der Waals surface area contributed by atoms with Crippen LogP contribution in [-0.2, 0) is 11.2 Å². The first kappa shape index (κ1) is 18.0. The zero-order chi connectivity index (χ0) is 19.3. The van der Waals surface area contributed by atoms with Crippen LogP contribution in [-0.4, -0.2) is 24.0 Å². The zero-order valence-corrected chi connectivity index (χ0v) is 15.2. The van der Waals surface area contributed by atoms with E-state index in [0.29, 0.717) is 29.6 Å². The van der Waals surface area contributed by atoms with Crippen LogP contribution in [0.4, 0.5) is 10.1 Å². The number of aromatic nitrogens is 1. The molecule has 4 rings (SSSR count). The molecule has 0 fully saturated rings. The van der Waals surface area contributed by atoms with E-state index in [1.165, 1.54) is 12.1 Å². The lowest BCUT2D eigenvalue weighted by Gasteiger charge is -2.29. The van der Waals surface area contributed by atoms with Crippen LogP contribution in [0.1, 0.15) is 12.0 Å². The molecule has 0 bridgehead atoms.